The normalized spacial score (nSPS) is 11.6. The largest absolute Gasteiger partial charge is 0.327 e. The molecule has 2 heteroatoms. The lowest BCUT2D eigenvalue weighted by molar-refractivity contribution is 0.588. The molecule has 1 aromatic heterocycles. The van der Waals surface area contributed by atoms with Gasteiger partial charge in [-0.3, -0.25) is 4.98 Å². The molecule has 0 aromatic carbocycles. The van der Waals surface area contributed by atoms with Gasteiger partial charge in [-0.05, 0) is 18.6 Å². The summed E-state index contributed by atoms with van der Waals surface area (Å²) in [5.41, 5.74) is 6.86. The Morgan fingerprint density at radius 1 is 1.53 bits per heavy atom. The Balaban J connectivity index is 2.33. The summed E-state index contributed by atoms with van der Waals surface area (Å²) in [6.07, 6.45) is 7.75. The van der Waals surface area contributed by atoms with Gasteiger partial charge in [0.15, 0.2) is 0 Å². The van der Waals surface area contributed by atoms with Crippen LogP contribution in [0.3, 0.4) is 0 Å². The Labute approximate surface area is 91.9 Å². The van der Waals surface area contributed by atoms with Crippen LogP contribution in [0.1, 0.15) is 38.2 Å². The maximum atomic E-state index is 5.91. The zero-order valence-corrected chi connectivity index (χ0v) is 9.24. The lowest BCUT2D eigenvalue weighted by Crippen LogP contribution is -2.18. The maximum Gasteiger partial charge on any atom is 0.0428 e. The monoisotopic (exact) mass is 202 g/mol. The van der Waals surface area contributed by atoms with Crippen LogP contribution in [0.4, 0.5) is 0 Å². The molecule has 0 aliphatic carbocycles. The highest BCUT2D eigenvalue weighted by Crippen LogP contribution is 2.01. The Kier molecular flexibility index (Phi) is 5.50. The summed E-state index contributed by atoms with van der Waals surface area (Å²) in [4.78, 5) is 4.00. The SMILES string of the molecule is CCCCC(N)CC#Cc1cccnc1. The molecule has 80 valence electrons. The van der Waals surface area contributed by atoms with Crippen molar-refractivity contribution < 1.29 is 0 Å². The third-order valence-corrected chi connectivity index (χ3v) is 2.19. The number of unbranched alkanes of at least 4 members (excludes halogenated alkanes) is 1. The quantitative estimate of drug-likeness (QED) is 0.761. The van der Waals surface area contributed by atoms with Crippen LogP contribution in [0, 0.1) is 11.8 Å². The fourth-order valence-electron chi connectivity index (χ4n) is 1.29. The number of nitrogens with zero attached hydrogens (tertiary/aromatic N) is 1. The zero-order valence-electron chi connectivity index (χ0n) is 9.24. The van der Waals surface area contributed by atoms with E-state index in [-0.39, 0.29) is 6.04 Å². The maximum absolute atomic E-state index is 5.91. The van der Waals surface area contributed by atoms with E-state index in [1.807, 2.05) is 12.1 Å². The van der Waals surface area contributed by atoms with Crippen molar-refractivity contribution in [2.75, 3.05) is 0 Å². The smallest absolute Gasteiger partial charge is 0.0428 e. The minimum atomic E-state index is 0.217. The Bertz CT molecular complexity index is 321. The van der Waals surface area contributed by atoms with Crippen LogP contribution in [0.5, 0.6) is 0 Å². The molecule has 1 aromatic rings. The van der Waals surface area contributed by atoms with Crippen molar-refractivity contribution in [2.45, 2.75) is 38.6 Å². The van der Waals surface area contributed by atoms with Gasteiger partial charge in [-0.25, -0.2) is 0 Å². The zero-order chi connectivity index (χ0) is 10.9. The lowest BCUT2D eigenvalue weighted by atomic mass is 10.1. The number of hydrogen-bond donors (Lipinski definition) is 1. The first kappa shape index (κ1) is 11.7. The van der Waals surface area contributed by atoms with Crippen LogP contribution in [0.25, 0.3) is 0 Å². The lowest BCUT2D eigenvalue weighted by Gasteiger charge is -2.05. The van der Waals surface area contributed by atoms with E-state index >= 15 is 0 Å². The number of nitrogens with two attached hydrogens (primary N) is 1. The van der Waals surface area contributed by atoms with Gasteiger partial charge in [0.2, 0.25) is 0 Å². The Morgan fingerprint density at radius 3 is 3.07 bits per heavy atom. The van der Waals surface area contributed by atoms with E-state index in [2.05, 4.69) is 23.7 Å². The second kappa shape index (κ2) is 7.03. The summed E-state index contributed by atoms with van der Waals surface area (Å²) in [6.45, 7) is 2.17. The minimum absolute atomic E-state index is 0.217. The highest BCUT2D eigenvalue weighted by atomic mass is 14.6. The van der Waals surface area contributed by atoms with E-state index in [1.54, 1.807) is 12.4 Å². The highest BCUT2D eigenvalue weighted by Gasteiger charge is 1.97. The van der Waals surface area contributed by atoms with Gasteiger partial charge in [-0.1, -0.05) is 31.6 Å². The second-order valence-electron chi connectivity index (χ2n) is 3.65. The van der Waals surface area contributed by atoms with E-state index in [0.717, 1.165) is 18.4 Å². The second-order valence-corrected chi connectivity index (χ2v) is 3.65. The van der Waals surface area contributed by atoms with Crippen LogP contribution >= 0.6 is 0 Å². The average Bonchev–Trinajstić information content (AvgIpc) is 2.28. The van der Waals surface area contributed by atoms with Gasteiger partial charge in [0, 0.05) is 30.4 Å². The summed E-state index contributed by atoms with van der Waals surface area (Å²) in [5.74, 6) is 6.15. The third-order valence-electron chi connectivity index (χ3n) is 2.19. The molecule has 1 heterocycles. The molecule has 15 heavy (non-hydrogen) atoms. The van der Waals surface area contributed by atoms with Crippen molar-refractivity contribution in [3.63, 3.8) is 0 Å². The summed E-state index contributed by atoms with van der Waals surface area (Å²) >= 11 is 0. The predicted octanol–water partition coefficient (Wildman–Crippen LogP) is 2.34. The van der Waals surface area contributed by atoms with E-state index in [4.69, 9.17) is 5.73 Å². The molecule has 1 atom stereocenters. The molecule has 2 nitrogen and oxygen atoms in total. The van der Waals surface area contributed by atoms with Crippen LogP contribution in [-0.4, -0.2) is 11.0 Å². The van der Waals surface area contributed by atoms with Crippen molar-refractivity contribution >= 4 is 0 Å². The van der Waals surface area contributed by atoms with Gasteiger partial charge >= 0.3 is 0 Å². The molecule has 0 bridgehead atoms. The first-order valence-electron chi connectivity index (χ1n) is 5.47. The van der Waals surface area contributed by atoms with Crippen LogP contribution in [0.15, 0.2) is 24.5 Å². The number of rotatable bonds is 4. The van der Waals surface area contributed by atoms with Crippen LogP contribution < -0.4 is 5.73 Å². The molecule has 0 aliphatic heterocycles. The summed E-state index contributed by atoms with van der Waals surface area (Å²) < 4.78 is 0. The van der Waals surface area contributed by atoms with Crippen molar-refractivity contribution in [1.29, 1.82) is 0 Å². The van der Waals surface area contributed by atoms with E-state index in [1.165, 1.54) is 12.8 Å². The molecule has 0 aliphatic rings. The summed E-state index contributed by atoms with van der Waals surface area (Å²) in [5, 5.41) is 0. The fraction of sp³-hybridized carbons (Fsp3) is 0.462. The summed E-state index contributed by atoms with van der Waals surface area (Å²) in [6, 6.07) is 4.06. The average molecular weight is 202 g/mol. The van der Waals surface area contributed by atoms with E-state index in [9.17, 15) is 0 Å². The van der Waals surface area contributed by atoms with Gasteiger partial charge in [-0.15, -0.1) is 0 Å². The van der Waals surface area contributed by atoms with Crippen molar-refractivity contribution in [1.82, 2.24) is 4.98 Å². The molecule has 0 spiro atoms. The fourth-order valence-corrected chi connectivity index (χ4v) is 1.29. The predicted molar refractivity (Wildman–Crippen MR) is 63.2 cm³/mol. The molecule has 2 N–H and O–H groups in total. The first-order chi connectivity index (χ1) is 7.33. The number of pyridine rings is 1. The minimum Gasteiger partial charge on any atom is -0.327 e. The van der Waals surface area contributed by atoms with Gasteiger partial charge in [-0.2, -0.15) is 0 Å². The van der Waals surface area contributed by atoms with Crippen molar-refractivity contribution in [3.05, 3.63) is 30.1 Å². The van der Waals surface area contributed by atoms with E-state index < -0.39 is 0 Å². The molecular weight excluding hydrogens is 184 g/mol. The molecule has 1 rings (SSSR count). The van der Waals surface area contributed by atoms with Crippen molar-refractivity contribution in [2.24, 2.45) is 5.73 Å². The molecule has 1 unspecified atom stereocenters. The molecule has 0 saturated heterocycles. The van der Waals surface area contributed by atoms with Gasteiger partial charge in [0.1, 0.15) is 0 Å². The standard InChI is InChI=1S/C13H18N2/c1-2-3-8-13(14)9-4-6-12-7-5-10-15-11-12/h5,7,10-11,13H,2-3,8-9,14H2,1H3. The first-order valence-corrected chi connectivity index (χ1v) is 5.47. The van der Waals surface area contributed by atoms with Crippen LogP contribution in [0.2, 0.25) is 0 Å². The molecule has 0 radical (unpaired) electrons. The topological polar surface area (TPSA) is 38.9 Å². The van der Waals surface area contributed by atoms with Gasteiger partial charge in [0.25, 0.3) is 0 Å². The van der Waals surface area contributed by atoms with E-state index in [0.29, 0.717) is 0 Å². The molecule has 0 amide bonds. The van der Waals surface area contributed by atoms with Gasteiger partial charge < -0.3 is 5.73 Å². The Morgan fingerprint density at radius 2 is 2.40 bits per heavy atom. The Hall–Kier alpha value is -1.33. The van der Waals surface area contributed by atoms with Gasteiger partial charge in [0.05, 0.1) is 0 Å². The molecule has 0 saturated carbocycles. The number of aromatic nitrogens is 1. The third kappa shape index (κ3) is 5.19. The molecular formula is C13H18N2. The molecule has 0 fully saturated rings. The highest BCUT2D eigenvalue weighted by molar-refractivity contribution is 5.31. The number of hydrogen-bond acceptors (Lipinski definition) is 2. The van der Waals surface area contributed by atoms with Crippen LogP contribution in [-0.2, 0) is 0 Å². The van der Waals surface area contributed by atoms with Crippen molar-refractivity contribution in [3.8, 4) is 11.8 Å². The summed E-state index contributed by atoms with van der Waals surface area (Å²) in [7, 11) is 0.